The first kappa shape index (κ1) is 22.8. The second kappa shape index (κ2) is 10.9. The highest BCUT2D eigenvalue weighted by Crippen LogP contribution is 2.18. The molecule has 2 aromatic carbocycles. The summed E-state index contributed by atoms with van der Waals surface area (Å²) in [4.78, 5) is 27.0. The molecule has 0 saturated carbocycles. The Kier molecular flexibility index (Phi) is 8.52. The van der Waals surface area contributed by atoms with Crippen molar-refractivity contribution in [3.63, 3.8) is 0 Å². The van der Waals surface area contributed by atoms with Gasteiger partial charge in [-0.2, -0.15) is 0 Å². The Morgan fingerprint density at radius 3 is 2.41 bits per heavy atom. The average Bonchev–Trinajstić information content (AvgIpc) is 2.71. The molecule has 0 aliphatic heterocycles. The van der Waals surface area contributed by atoms with Crippen LogP contribution in [-0.2, 0) is 16.1 Å². The number of carbonyl (C=O) groups excluding carboxylic acids is 2. The normalized spacial score (nSPS) is 11.6. The van der Waals surface area contributed by atoms with E-state index in [9.17, 15) is 9.59 Å². The SMILES string of the molecule is CCCNC(=O)C(C)N(Cc1ccc(Cl)cc1)C(=O)COc1ccc(C)c(C)c1. The molecule has 0 radical (unpaired) electrons. The average molecular weight is 417 g/mol. The summed E-state index contributed by atoms with van der Waals surface area (Å²) < 4.78 is 5.71. The molecule has 2 aromatic rings. The molecule has 0 aliphatic carbocycles. The minimum atomic E-state index is -0.618. The van der Waals surface area contributed by atoms with Gasteiger partial charge < -0.3 is 15.0 Å². The van der Waals surface area contributed by atoms with E-state index < -0.39 is 6.04 Å². The van der Waals surface area contributed by atoms with Crippen LogP contribution in [0.1, 0.15) is 37.0 Å². The summed E-state index contributed by atoms with van der Waals surface area (Å²) in [5.41, 5.74) is 3.15. The largest absolute Gasteiger partial charge is 0.484 e. The van der Waals surface area contributed by atoms with Gasteiger partial charge in [0.2, 0.25) is 5.91 Å². The molecule has 0 spiro atoms. The molecule has 0 saturated heterocycles. The molecule has 2 rings (SSSR count). The molecule has 6 heteroatoms. The highest BCUT2D eigenvalue weighted by atomic mass is 35.5. The zero-order valence-corrected chi connectivity index (χ0v) is 18.3. The van der Waals surface area contributed by atoms with Crippen LogP contribution in [-0.4, -0.2) is 35.9 Å². The van der Waals surface area contributed by atoms with E-state index in [-0.39, 0.29) is 18.4 Å². The van der Waals surface area contributed by atoms with Crippen molar-refractivity contribution < 1.29 is 14.3 Å². The maximum absolute atomic E-state index is 13.0. The Morgan fingerprint density at radius 2 is 1.79 bits per heavy atom. The number of ether oxygens (including phenoxy) is 1. The predicted octanol–water partition coefficient (Wildman–Crippen LogP) is 4.28. The fourth-order valence-electron chi connectivity index (χ4n) is 2.80. The van der Waals surface area contributed by atoms with Crippen molar-refractivity contribution in [2.75, 3.05) is 13.2 Å². The van der Waals surface area contributed by atoms with Gasteiger partial charge in [-0.1, -0.05) is 36.7 Å². The zero-order valence-electron chi connectivity index (χ0n) is 17.5. The topological polar surface area (TPSA) is 58.6 Å². The van der Waals surface area contributed by atoms with Gasteiger partial charge >= 0.3 is 0 Å². The van der Waals surface area contributed by atoms with Crippen LogP contribution >= 0.6 is 11.6 Å². The van der Waals surface area contributed by atoms with Crippen molar-refractivity contribution >= 4 is 23.4 Å². The zero-order chi connectivity index (χ0) is 21.4. The van der Waals surface area contributed by atoms with E-state index in [2.05, 4.69) is 5.32 Å². The maximum Gasteiger partial charge on any atom is 0.261 e. The molecule has 2 amide bonds. The highest BCUT2D eigenvalue weighted by Gasteiger charge is 2.26. The monoisotopic (exact) mass is 416 g/mol. The number of carbonyl (C=O) groups is 2. The van der Waals surface area contributed by atoms with Gasteiger partial charge in [0.25, 0.3) is 5.91 Å². The van der Waals surface area contributed by atoms with Crippen LogP contribution in [0.4, 0.5) is 0 Å². The van der Waals surface area contributed by atoms with E-state index >= 15 is 0 Å². The number of benzene rings is 2. The second-order valence-electron chi connectivity index (χ2n) is 7.15. The molecule has 29 heavy (non-hydrogen) atoms. The van der Waals surface area contributed by atoms with E-state index in [1.54, 1.807) is 19.1 Å². The van der Waals surface area contributed by atoms with Crippen molar-refractivity contribution in [3.05, 3.63) is 64.2 Å². The molecule has 1 unspecified atom stereocenters. The molecule has 0 bridgehead atoms. The van der Waals surface area contributed by atoms with Crippen molar-refractivity contribution in [2.24, 2.45) is 0 Å². The number of aryl methyl sites for hydroxylation is 2. The summed E-state index contributed by atoms with van der Waals surface area (Å²) in [6.45, 7) is 8.47. The fraction of sp³-hybridized carbons (Fsp3) is 0.391. The molecular formula is C23H29ClN2O3. The number of hydrogen-bond acceptors (Lipinski definition) is 3. The van der Waals surface area contributed by atoms with Crippen molar-refractivity contribution in [1.82, 2.24) is 10.2 Å². The Bertz CT molecular complexity index is 837. The van der Waals surface area contributed by atoms with Crippen LogP contribution in [0.5, 0.6) is 5.75 Å². The molecule has 0 heterocycles. The molecular weight excluding hydrogens is 388 g/mol. The predicted molar refractivity (Wildman–Crippen MR) is 116 cm³/mol. The Morgan fingerprint density at radius 1 is 1.10 bits per heavy atom. The summed E-state index contributed by atoms with van der Waals surface area (Å²) >= 11 is 5.96. The quantitative estimate of drug-likeness (QED) is 0.663. The van der Waals surface area contributed by atoms with Gasteiger partial charge in [-0.05, 0) is 68.1 Å². The molecule has 0 aliphatic rings. The molecule has 0 fully saturated rings. The van der Waals surface area contributed by atoms with Crippen LogP contribution < -0.4 is 10.1 Å². The summed E-state index contributed by atoms with van der Waals surface area (Å²) in [7, 11) is 0. The summed E-state index contributed by atoms with van der Waals surface area (Å²) in [5, 5.41) is 3.48. The van der Waals surface area contributed by atoms with E-state index in [1.165, 1.54) is 4.90 Å². The first-order chi connectivity index (χ1) is 13.8. The minimum absolute atomic E-state index is 0.137. The number of nitrogens with zero attached hydrogens (tertiary/aromatic N) is 1. The highest BCUT2D eigenvalue weighted by molar-refractivity contribution is 6.30. The lowest BCUT2D eigenvalue weighted by molar-refractivity contribution is -0.142. The Labute approximate surface area is 178 Å². The van der Waals surface area contributed by atoms with E-state index in [1.807, 2.05) is 51.1 Å². The van der Waals surface area contributed by atoms with Crippen molar-refractivity contribution in [2.45, 2.75) is 46.7 Å². The van der Waals surface area contributed by atoms with Crippen LogP contribution in [0.25, 0.3) is 0 Å². The van der Waals surface area contributed by atoms with Crippen molar-refractivity contribution in [1.29, 1.82) is 0 Å². The van der Waals surface area contributed by atoms with Crippen LogP contribution in [0.3, 0.4) is 0 Å². The lowest BCUT2D eigenvalue weighted by Gasteiger charge is -2.28. The van der Waals surface area contributed by atoms with Gasteiger partial charge in [-0.3, -0.25) is 9.59 Å². The maximum atomic E-state index is 13.0. The number of hydrogen-bond donors (Lipinski definition) is 1. The summed E-state index contributed by atoms with van der Waals surface area (Å²) in [6, 6.07) is 12.3. The third kappa shape index (κ3) is 6.79. The number of rotatable bonds is 9. The Balaban J connectivity index is 2.13. The first-order valence-corrected chi connectivity index (χ1v) is 10.2. The molecule has 1 atom stereocenters. The number of halogens is 1. The van der Waals surface area contributed by atoms with Crippen LogP contribution in [0.15, 0.2) is 42.5 Å². The third-order valence-corrected chi connectivity index (χ3v) is 5.08. The lowest BCUT2D eigenvalue weighted by Crippen LogP contribution is -2.49. The smallest absolute Gasteiger partial charge is 0.261 e. The van der Waals surface area contributed by atoms with Gasteiger partial charge in [-0.15, -0.1) is 0 Å². The van der Waals surface area contributed by atoms with Gasteiger partial charge in [0.05, 0.1) is 0 Å². The fourth-order valence-corrected chi connectivity index (χ4v) is 2.92. The second-order valence-corrected chi connectivity index (χ2v) is 7.59. The molecule has 156 valence electrons. The Hall–Kier alpha value is -2.53. The van der Waals surface area contributed by atoms with Crippen molar-refractivity contribution in [3.8, 4) is 5.75 Å². The van der Waals surface area contributed by atoms with Gasteiger partial charge in [0, 0.05) is 18.1 Å². The number of nitrogens with one attached hydrogen (secondary N) is 1. The van der Waals surface area contributed by atoms with E-state index in [0.29, 0.717) is 23.9 Å². The van der Waals surface area contributed by atoms with Gasteiger partial charge in [0.15, 0.2) is 6.61 Å². The van der Waals surface area contributed by atoms with Crippen LogP contribution in [0, 0.1) is 13.8 Å². The minimum Gasteiger partial charge on any atom is -0.484 e. The van der Waals surface area contributed by atoms with Gasteiger partial charge in [0.1, 0.15) is 11.8 Å². The molecule has 0 aromatic heterocycles. The van der Waals surface area contributed by atoms with E-state index in [4.69, 9.17) is 16.3 Å². The van der Waals surface area contributed by atoms with Crippen LogP contribution in [0.2, 0.25) is 5.02 Å². The standard InChI is InChI=1S/C23H29ClN2O3/c1-5-12-25-23(28)18(4)26(14-19-7-9-20(24)10-8-19)22(27)15-29-21-11-6-16(2)17(3)13-21/h6-11,13,18H,5,12,14-15H2,1-4H3,(H,25,28). The summed E-state index contributed by atoms with van der Waals surface area (Å²) in [5.74, 6) is 0.202. The lowest BCUT2D eigenvalue weighted by atomic mass is 10.1. The third-order valence-electron chi connectivity index (χ3n) is 4.82. The summed E-state index contributed by atoms with van der Waals surface area (Å²) in [6.07, 6.45) is 0.833. The van der Waals surface area contributed by atoms with Gasteiger partial charge in [-0.25, -0.2) is 0 Å². The number of amides is 2. The molecule has 1 N–H and O–H groups in total. The first-order valence-electron chi connectivity index (χ1n) is 9.83. The molecule has 5 nitrogen and oxygen atoms in total. The van der Waals surface area contributed by atoms with E-state index in [0.717, 1.165) is 23.1 Å².